The first-order valence-corrected chi connectivity index (χ1v) is 6.28. The first-order chi connectivity index (χ1) is 8.84. The minimum absolute atomic E-state index is 0.999. The molecular weight excluding hydrogens is 220 g/mol. The van der Waals surface area contributed by atoms with Crippen LogP contribution in [0.1, 0.15) is 11.1 Å². The number of aromatic nitrogens is 2. The van der Waals surface area contributed by atoms with Crippen molar-refractivity contribution in [1.29, 1.82) is 0 Å². The van der Waals surface area contributed by atoms with E-state index in [1.54, 1.807) is 0 Å². The van der Waals surface area contributed by atoms with Gasteiger partial charge in [0.25, 0.3) is 0 Å². The summed E-state index contributed by atoms with van der Waals surface area (Å²) in [6.45, 7) is 3.16. The second-order valence-corrected chi connectivity index (χ2v) is 4.63. The van der Waals surface area contributed by atoms with E-state index in [-0.39, 0.29) is 0 Å². The number of aryl methyl sites for hydroxylation is 3. The van der Waals surface area contributed by atoms with Crippen LogP contribution in [-0.2, 0) is 13.0 Å². The van der Waals surface area contributed by atoms with Crippen LogP contribution in [0.25, 0.3) is 10.9 Å². The second kappa shape index (κ2) is 4.65. The monoisotopic (exact) mass is 236 g/mol. The van der Waals surface area contributed by atoms with Crippen molar-refractivity contribution in [3.63, 3.8) is 0 Å². The molecule has 2 heterocycles. The van der Waals surface area contributed by atoms with E-state index in [9.17, 15) is 0 Å². The van der Waals surface area contributed by atoms with Crippen molar-refractivity contribution in [3.8, 4) is 0 Å². The Morgan fingerprint density at radius 3 is 2.89 bits per heavy atom. The summed E-state index contributed by atoms with van der Waals surface area (Å²) in [4.78, 5) is 4.15. The molecule has 0 atom stereocenters. The van der Waals surface area contributed by atoms with Crippen molar-refractivity contribution in [3.05, 3.63) is 66.1 Å². The number of benzene rings is 1. The maximum atomic E-state index is 4.15. The molecule has 0 radical (unpaired) electrons. The molecule has 0 unspecified atom stereocenters. The van der Waals surface area contributed by atoms with E-state index in [0.717, 1.165) is 13.0 Å². The lowest BCUT2D eigenvalue weighted by Gasteiger charge is -2.06. The van der Waals surface area contributed by atoms with Gasteiger partial charge in [0.2, 0.25) is 0 Å². The van der Waals surface area contributed by atoms with Crippen molar-refractivity contribution < 1.29 is 0 Å². The van der Waals surface area contributed by atoms with E-state index in [4.69, 9.17) is 0 Å². The molecule has 3 aromatic rings. The summed E-state index contributed by atoms with van der Waals surface area (Å²) in [6, 6.07) is 12.8. The Morgan fingerprint density at radius 2 is 2.06 bits per heavy atom. The summed E-state index contributed by atoms with van der Waals surface area (Å²) in [6.07, 6.45) is 6.95. The Kier molecular flexibility index (Phi) is 2.85. The van der Waals surface area contributed by atoms with Crippen LogP contribution >= 0.6 is 0 Å². The molecule has 0 saturated heterocycles. The van der Waals surface area contributed by atoms with E-state index in [2.05, 4.69) is 53.0 Å². The van der Waals surface area contributed by atoms with Gasteiger partial charge >= 0.3 is 0 Å². The van der Waals surface area contributed by atoms with Crippen LogP contribution in [0, 0.1) is 6.92 Å². The Morgan fingerprint density at radius 1 is 1.11 bits per heavy atom. The van der Waals surface area contributed by atoms with Gasteiger partial charge in [-0.05, 0) is 42.7 Å². The maximum Gasteiger partial charge on any atom is 0.0483 e. The minimum atomic E-state index is 0.999. The van der Waals surface area contributed by atoms with Crippen LogP contribution in [0.4, 0.5) is 0 Å². The topological polar surface area (TPSA) is 17.8 Å². The van der Waals surface area contributed by atoms with Crippen molar-refractivity contribution in [1.82, 2.24) is 9.55 Å². The highest BCUT2D eigenvalue weighted by atomic mass is 14.9. The Bertz CT molecular complexity index is 653. The van der Waals surface area contributed by atoms with E-state index in [1.807, 2.05) is 18.5 Å². The minimum Gasteiger partial charge on any atom is -0.347 e. The predicted octanol–water partition coefficient (Wildman–Crippen LogP) is 3.59. The SMILES string of the molecule is Cc1cccc2c1ccn2CCc1cccnc1. The molecule has 0 fully saturated rings. The highest BCUT2D eigenvalue weighted by molar-refractivity contribution is 5.83. The first-order valence-electron chi connectivity index (χ1n) is 6.28. The zero-order valence-electron chi connectivity index (χ0n) is 10.5. The number of hydrogen-bond donors (Lipinski definition) is 0. The summed E-state index contributed by atoms with van der Waals surface area (Å²) < 4.78 is 2.31. The molecule has 2 nitrogen and oxygen atoms in total. The fourth-order valence-corrected chi connectivity index (χ4v) is 2.37. The predicted molar refractivity (Wildman–Crippen MR) is 74.6 cm³/mol. The van der Waals surface area contributed by atoms with Gasteiger partial charge in [-0.15, -0.1) is 0 Å². The molecule has 3 rings (SSSR count). The van der Waals surface area contributed by atoms with Crippen molar-refractivity contribution in [2.45, 2.75) is 19.9 Å². The average Bonchev–Trinajstić information content (AvgIpc) is 2.82. The lowest BCUT2D eigenvalue weighted by atomic mass is 10.1. The number of pyridine rings is 1. The molecule has 1 aromatic carbocycles. The Labute approximate surface area is 107 Å². The summed E-state index contributed by atoms with van der Waals surface area (Å²) in [5.41, 5.74) is 3.94. The zero-order chi connectivity index (χ0) is 12.4. The van der Waals surface area contributed by atoms with Gasteiger partial charge in [0.15, 0.2) is 0 Å². The molecule has 0 bridgehead atoms. The summed E-state index contributed by atoms with van der Waals surface area (Å²) >= 11 is 0. The van der Waals surface area contributed by atoms with Gasteiger partial charge in [0, 0.05) is 36.0 Å². The quantitative estimate of drug-likeness (QED) is 0.679. The van der Waals surface area contributed by atoms with E-state index < -0.39 is 0 Å². The van der Waals surface area contributed by atoms with Gasteiger partial charge in [-0.1, -0.05) is 18.2 Å². The molecule has 0 aliphatic rings. The summed E-state index contributed by atoms with van der Waals surface area (Å²) in [7, 11) is 0. The van der Waals surface area contributed by atoms with Crippen LogP contribution in [-0.4, -0.2) is 9.55 Å². The van der Waals surface area contributed by atoms with Crippen LogP contribution in [0.15, 0.2) is 55.0 Å². The summed E-state index contributed by atoms with van der Waals surface area (Å²) in [5.74, 6) is 0. The maximum absolute atomic E-state index is 4.15. The smallest absolute Gasteiger partial charge is 0.0483 e. The molecular formula is C16H16N2. The highest BCUT2D eigenvalue weighted by Gasteiger charge is 2.02. The zero-order valence-corrected chi connectivity index (χ0v) is 10.5. The van der Waals surface area contributed by atoms with Crippen LogP contribution in [0.2, 0.25) is 0 Å². The van der Waals surface area contributed by atoms with Gasteiger partial charge in [0.1, 0.15) is 0 Å². The number of fused-ring (bicyclic) bond motifs is 1. The third-order valence-corrected chi connectivity index (χ3v) is 3.40. The fraction of sp³-hybridized carbons (Fsp3) is 0.188. The van der Waals surface area contributed by atoms with Crippen molar-refractivity contribution in [2.24, 2.45) is 0 Å². The molecule has 18 heavy (non-hydrogen) atoms. The van der Waals surface area contributed by atoms with Crippen LogP contribution in [0.3, 0.4) is 0 Å². The molecule has 0 saturated carbocycles. The lowest BCUT2D eigenvalue weighted by Crippen LogP contribution is -1.99. The Balaban J connectivity index is 1.85. The van der Waals surface area contributed by atoms with Gasteiger partial charge in [-0.2, -0.15) is 0 Å². The Hall–Kier alpha value is -2.09. The van der Waals surface area contributed by atoms with Gasteiger partial charge in [-0.3, -0.25) is 4.98 Å². The van der Waals surface area contributed by atoms with Crippen molar-refractivity contribution >= 4 is 10.9 Å². The molecule has 2 heteroatoms. The van der Waals surface area contributed by atoms with Crippen molar-refractivity contribution in [2.75, 3.05) is 0 Å². The highest BCUT2D eigenvalue weighted by Crippen LogP contribution is 2.19. The summed E-state index contributed by atoms with van der Waals surface area (Å²) in [5, 5.41) is 1.35. The second-order valence-electron chi connectivity index (χ2n) is 4.63. The van der Waals surface area contributed by atoms with Gasteiger partial charge < -0.3 is 4.57 Å². The molecule has 0 N–H and O–H groups in total. The number of nitrogens with zero attached hydrogens (tertiary/aromatic N) is 2. The third-order valence-electron chi connectivity index (χ3n) is 3.40. The molecule has 90 valence electrons. The molecule has 0 aliphatic carbocycles. The number of hydrogen-bond acceptors (Lipinski definition) is 1. The van der Waals surface area contributed by atoms with E-state index in [1.165, 1.54) is 22.0 Å². The molecule has 2 aromatic heterocycles. The van der Waals surface area contributed by atoms with Crippen LogP contribution < -0.4 is 0 Å². The average molecular weight is 236 g/mol. The van der Waals surface area contributed by atoms with Crippen LogP contribution in [0.5, 0.6) is 0 Å². The first kappa shape index (κ1) is 11.0. The number of rotatable bonds is 3. The molecule has 0 aliphatic heterocycles. The van der Waals surface area contributed by atoms with E-state index >= 15 is 0 Å². The largest absolute Gasteiger partial charge is 0.347 e. The molecule has 0 amide bonds. The standard InChI is InChI=1S/C16H16N2/c1-13-4-2-6-16-15(13)8-11-18(16)10-7-14-5-3-9-17-12-14/h2-6,8-9,11-12H,7,10H2,1H3. The van der Waals surface area contributed by atoms with Gasteiger partial charge in [0.05, 0.1) is 0 Å². The normalized spacial score (nSPS) is 10.9. The third kappa shape index (κ3) is 2.02. The van der Waals surface area contributed by atoms with Gasteiger partial charge in [-0.25, -0.2) is 0 Å². The fourth-order valence-electron chi connectivity index (χ4n) is 2.37. The van der Waals surface area contributed by atoms with E-state index in [0.29, 0.717) is 0 Å². The lowest BCUT2D eigenvalue weighted by molar-refractivity contribution is 0.721. The molecule has 0 spiro atoms.